The van der Waals surface area contributed by atoms with Crippen molar-refractivity contribution >= 4 is 12.6 Å². The zero-order chi connectivity index (χ0) is 8.10. The van der Waals surface area contributed by atoms with Gasteiger partial charge in [0.1, 0.15) is 12.4 Å². The van der Waals surface area contributed by atoms with Crippen LogP contribution in [0.4, 0.5) is 0 Å². The number of aliphatic hydroxyl groups is 1. The van der Waals surface area contributed by atoms with Gasteiger partial charge in [0.2, 0.25) is 0 Å². The van der Waals surface area contributed by atoms with Crippen molar-refractivity contribution in [3.63, 3.8) is 0 Å². The normalized spacial score (nSPS) is 9.64. The molecule has 0 amide bonds. The van der Waals surface area contributed by atoms with Gasteiger partial charge in [0.25, 0.3) is 0 Å². The van der Waals surface area contributed by atoms with Crippen molar-refractivity contribution in [2.75, 3.05) is 13.2 Å². The van der Waals surface area contributed by atoms with Crippen molar-refractivity contribution in [2.45, 2.75) is 4.90 Å². The van der Waals surface area contributed by atoms with Crippen LogP contribution in [0.3, 0.4) is 0 Å². The molecule has 1 aromatic rings. The van der Waals surface area contributed by atoms with E-state index in [0.717, 1.165) is 4.90 Å². The van der Waals surface area contributed by atoms with Crippen molar-refractivity contribution in [3.8, 4) is 5.75 Å². The predicted octanol–water partition coefficient (Wildman–Crippen LogP) is 1.35. The Morgan fingerprint density at radius 1 is 1.36 bits per heavy atom. The molecule has 0 aliphatic heterocycles. The predicted molar refractivity (Wildman–Crippen MR) is 46.3 cm³/mol. The summed E-state index contributed by atoms with van der Waals surface area (Å²) in [6.45, 7) is 0.347. The van der Waals surface area contributed by atoms with Gasteiger partial charge in [0.05, 0.1) is 6.61 Å². The summed E-state index contributed by atoms with van der Waals surface area (Å²) < 4.78 is 5.16. The zero-order valence-corrected chi connectivity index (χ0v) is 6.92. The molecule has 0 aromatic heterocycles. The minimum absolute atomic E-state index is 0.0299. The highest BCUT2D eigenvalue weighted by atomic mass is 32.1. The van der Waals surface area contributed by atoms with Crippen LogP contribution in [-0.4, -0.2) is 18.3 Å². The zero-order valence-electron chi connectivity index (χ0n) is 6.03. The Labute approximate surface area is 71.2 Å². The molecule has 11 heavy (non-hydrogen) atoms. The first kappa shape index (κ1) is 8.43. The SMILES string of the molecule is OCCOc1ccccc1S. The fourth-order valence-corrected chi connectivity index (χ4v) is 0.960. The van der Waals surface area contributed by atoms with Gasteiger partial charge in [0, 0.05) is 4.90 Å². The van der Waals surface area contributed by atoms with Gasteiger partial charge in [-0.2, -0.15) is 0 Å². The molecule has 0 aliphatic rings. The van der Waals surface area contributed by atoms with E-state index in [-0.39, 0.29) is 6.61 Å². The number of thiol groups is 1. The third-order valence-electron chi connectivity index (χ3n) is 1.21. The summed E-state index contributed by atoms with van der Waals surface area (Å²) in [4.78, 5) is 0.793. The van der Waals surface area contributed by atoms with Crippen LogP contribution in [0, 0.1) is 0 Å². The molecule has 1 N–H and O–H groups in total. The summed E-state index contributed by atoms with van der Waals surface area (Å²) in [5.41, 5.74) is 0. The molecule has 0 heterocycles. The highest BCUT2D eigenvalue weighted by Gasteiger charge is 1.95. The van der Waals surface area contributed by atoms with Gasteiger partial charge >= 0.3 is 0 Å². The summed E-state index contributed by atoms with van der Waals surface area (Å²) in [5.74, 6) is 0.713. The average Bonchev–Trinajstić information content (AvgIpc) is 2.03. The first-order chi connectivity index (χ1) is 5.34. The van der Waals surface area contributed by atoms with E-state index < -0.39 is 0 Å². The lowest BCUT2D eigenvalue weighted by molar-refractivity contribution is 0.198. The van der Waals surface area contributed by atoms with Crippen LogP contribution in [0.25, 0.3) is 0 Å². The van der Waals surface area contributed by atoms with E-state index in [1.807, 2.05) is 24.3 Å². The summed E-state index contributed by atoms with van der Waals surface area (Å²) >= 11 is 4.16. The quantitative estimate of drug-likeness (QED) is 0.670. The van der Waals surface area contributed by atoms with Crippen molar-refractivity contribution in [1.29, 1.82) is 0 Å². The topological polar surface area (TPSA) is 29.5 Å². The van der Waals surface area contributed by atoms with Gasteiger partial charge in [-0.1, -0.05) is 12.1 Å². The lowest BCUT2D eigenvalue weighted by atomic mass is 10.3. The van der Waals surface area contributed by atoms with Crippen LogP contribution in [0.15, 0.2) is 29.2 Å². The molecule has 1 rings (SSSR count). The lowest BCUT2D eigenvalue weighted by Gasteiger charge is -2.05. The number of hydrogen-bond acceptors (Lipinski definition) is 3. The summed E-state index contributed by atoms with van der Waals surface area (Å²) in [6.07, 6.45) is 0. The van der Waals surface area contributed by atoms with Gasteiger partial charge in [-0.05, 0) is 12.1 Å². The number of benzene rings is 1. The maximum atomic E-state index is 8.47. The third-order valence-corrected chi connectivity index (χ3v) is 1.58. The van der Waals surface area contributed by atoms with E-state index >= 15 is 0 Å². The molecule has 0 atom stereocenters. The van der Waals surface area contributed by atoms with Crippen LogP contribution in [0.2, 0.25) is 0 Å². The smallest absolute Gasteiger partial charge is 0.132 e. The van der Waals surface area contributed by atoms with E-state index in [2.05, 4.69) is 12.6 Å². The van der Waals surface area contributed by atoms with E-state index in [4.69, 9.17) is 9.84 Å². The van der Waals surface area contributed by atoms with E-state index in [0.29, 0.717) is 12.4 Å². The molecule has 2 nitrogen and oxygen atoms in total. The van der Waals surface area contributed by atoms with Crippen molar-refractivity contribution in [3.05, 3.63) is 24.3 Å². The molecule has 0 saturated heterocycles. The first-order valence-electron chi connectivity index (χ1n) is 3.36. The summed E-state index contributed by atoms with van der Waals surface area (Å²) in [7, 11) is 0. The summed E-state index contributed by atoms with van der Waals surface area (Å²) in [5, 5.41) is 8.47. The van der Waals surface area contributed by atoms with E-state index in [1.54, 1.807) is 0 Å². The molecule has 0 fully saturated rings. The first-order valence-corrected chi connectivity index (χ1v) is 3.81. The highest BCUT2D eigenvalue weighted by molar-refractivity contribution is 7.80. The third kappa shape index (κ3) is 2.44. The molecule has 3 heteroatoms. The molecule has 0 bridgehead atoms. The molecule has 0 spiro atoms. The van der Waals surface area contributed by atoms with Crippen LogP contribution in [-0.2, 0) is 0 Å². The molecule has 0 radical (unpaired) electrons. The second-order valence-corrected chi connectivity index (χ2v) is 2.52. The Morgan fingerprint density at radius 2 is 2.09 bits per heavy atom. The number of hydrogen-bond donors (Lipinski definition) is 2. The fourth-order valence-electron chi connectivity index (χ4n) is 0.735. The van der Waals surface area contributed by atoms with Crippen LogP contribution in [0.1, 0.15) is 0 Å². The van der Waals surface area contributed by atoms with Gasteiger partial charge in [-0.15, -0.1) is 12.6 Å². The number of ether oxygens (including phenoxy) is 1. The molecule has 0 aliphatic carbocycles. The molecule has 0 unspecified atom stereocenters. The van der Waals surface area contributed by atoms with Gasteiger partial charge in [-0.25, -0.2) is 0 Å². The largest absolute Gasteiger partial charge is 0.490 e. The molecular formula is C8H10O2S. The molecule has 0 saturated carbocycles. The van der Waals surface area contributed by atoms with E-state index in [9.17, 15) is 0 Å². The van der Waals surface area contributed by atoms with E-state index in [1.165, 1.54) is 0 Å². The van der Waals surface area contributed by atoms with Crippen LogP contribution in [0.5, 0.6) is 5.75 Å². The Balaban J connectivity index is 2.62. The summed E-state index contributed by atoms with van der Waals surface area (Å²) in [6, 6.07) is 7.41. The Bertz CT molecular complexity index is 225. The second-order valence-electron chi connectivity index (χ2n) is 2.04. The molecule has 1 aromatic carbocycles. The van der Waals surface area contributed by atoms with Crippen molar-refractivity contribution in [2.24, 2.45) is 0 Å². The maximum Gasteiger partial charge on any atom is 0.132 e. The standard InChI is InChI=1S/C8H10O2S/c9-5-6-10-7-3-1-2-4-8(7)11/h1-4,9,11H,5-6H2. The van der Waals surface area contributed by atoms with Crippen molar-refractivity contribution < 1.29 is 9.84 Å². The monoisotopic (exact) mass is 170 g/mol. The minimum atomic E-state index is 0.0299. The highest BCUT2D eigenvalue weighted by Crippen LogP contribution is 2.20. The second kappa shape index (κ2) is 4.26. The Morgan fingerprint density at radius 3 is 2.73 bits per heavy atom. The lowest BCUT2D eigenvalue weighted by Crippen LogP contribution is -2.01. The molecular weight excluding hydrogens is 160 g/mol. The van der Waals surface area contributed by atoms with Gasteiger partial charge in [0.15, 0.2) is 0 Å². The number of rotatable bonds is 3. The van der Waals surface area contributed by atoms with Crippen LogP contribution >= 0.6 is 12.6 Å². The van der Waals surface area contributed by atoms with Crippen molar-refractivity contribution in [1.82, 2.24) is 0 Å². The fraction of sp³-hybridized carbons (Fsp3) is 0.250. The van der Waals surface area contributed by atoms with Crippen LogP contribution < -0.4 is 4.74 Å². The number of aliphatic hydroxyl groups excluding tert-OH is 1. The Kier molecular flexibility index (Phi) is 3.26. The average molecular weight is 170 g/mol. The van der Waals surface area contributed by atoms with Gasteiger partial charge < -0.3 is 9.84 Å². The minimum Gasteiger partial charge on any atom is -0.490 e. The number of para-hydroxylation sites is 1. The Hall–Kier alpha value is -0.670. The van der Waals surface area contributed by atoms with Gasteiger partial charge in [-0.3, -0.25) is 0 Å². The maximum absolute atomic E-state index is 8.47. The molecule has 60 valence electrons.